The number of rotatable bonds is 6. The van der Waals surface area contributed by atoms with E-state index < -0.39 is 5.79 Å². The fraction of sp³-hybridized carbons (Fsp3) is 0.923. The summed E-state index contributed by atoms with van der Waals surface area (Å²) < 4.78 is 16.3. The maximum absolute atomic E-state index is 11.4. The molecule has 1 saturated heterocycles. The lowest BCUT2D eigenvalue weighted by Gasteiger charge is -2.16. The first-order valence-corrected chi connectivity index (χ1v) is 6.50. The van der Waals surface area contributed by atoms with Crippen LogP contribution in [0.3, 0.4) is 0 Å². The SMILES string of the molecule is CC(C)OC(=O)CCC[C@@H]1OC(C)(C)O[C@@H]1CO. The first-order valence-electron chi connectivity index (χ1n) is 6.50. The Bertz CT molecular complexity index is 275. The van der Waals surface area contributed by atoms with Crippen LogP contribution >= 0.6 is 0 Å². The van der Waals surface area contributed by atoms with Crippen LogP contribution in [0, 0.1) is 0 Å². The van der Waals surface area contributed by atoms with Crippen molar-refractivity contribution in [1.29, 1.82) is 0 Å². The second-order valence-corrected chi connectivity index (χ2v) is 5.33. The van der Waals surface area contributed by atoms with E-state index in [4.69, 9.17) is 14.2 Å². The molecule has 1 aliphatic rings. The summed E-state index contributed by atoms with van der Waals surface area (Å²) in [5.74, 6) is -0.847. The third-order valence-corrected chi connectivity index (χ3v) is 2.70. The smallest absolute Gasteiger partial charge is 0.306 e. The number of hydrogen-bond acceptors (Lipinski definition) is 5. The Morgan fingerprint density at radius 1 is 1.33 bits per heavy atom. The van der Waals surface area contributed by atoms with Gasteiger partial charge in [-0.05, 0) is 40.5 Å². The normalized spacial score (nSPS) is 26.6. The van der Waals surface area contributed by atoms with Crippen molar-refractivity contribution in [2.24, 2.45) is 0 Å². The van der Waals surface area contributed by atoms with E-state index in [1.54, 1.807) is 0 Å². The Kier molecular flexibility index (Phi) is 5.56. The molecular weight excluding hydrogens is 236 g/mol. The minimum absolute atomic E-state index is 0.0649. The molecule has 0 aromatic carbocycles. The number of aliphatic hydroxyl groups excluding tert-OH is 1. The highest BCUT2D eigenvalue weighted by atomic mass is 16.8. The molecule has 1 aliphatic heterocycles. The Morgan fingerprint density at radius 3 is 2.50 bits per heavy atom. The van der Waals surface area contributed by atoms with Gasteiger partial charge in [0.25, 0.3) is 0 Å². The molecule has 0 unspecified atom stereocenters. The van der Waals surface area contributed by atoms with Gasteiger partial charge in [-0.3, -0.25) is 4.79 Å². The van der Waals surface area contributed by atoms with Gasteiger partial charge in [0.1, 0.15) is 6.10 Å². The van der Waals surface area contributed by atoms with Crippen molar-refractivity contribution < 1.29 is 24.1 Å². The lowest BCUT2D eigenvalue weighted by Crippen LogP contribution is -2.26. The summed E-state index contributed by atoms with van der Waals surface area (Å²) in [6.45, 7) is 7.24. The molecule has 5 nitrogen and oxygen atoms in total. The summed E-state index contributed by atoms with van der Waals surface area (Å²) in [5, 5.41) is 9.20. The van der Waals surface area contributed by atoms with Crippen LogP contribution in [0.1, 0.15) is 47.0 Å². The Labute approximate surface area is 108 Å². The van der Waals surface area contributed by atoms with E-state index in [9.17, 15) is 9.90 Å². The van der Waals surface area contributed by atoms with Crippen molar-refractivity contribution in [3.8, 4) is 0 Å². The highest BCUT2D eigenvalue weighted by Crippen LogP contribution is 2.30. The molecule has 5 heteroatoms. The van der Waals surface area contributed by atoms with Crippen LogP contribution in [-0.2, 0) is 19.0 Å². The lowest BCUT2D eigenvalue weighted by molar-refractivity contribution is -0.150. The zero-order valence-corrected chi connectivity index (χ0v) is 11.6. The molecule has 1 fully saturated rings. The van der Waals surface area contributed by atoms with Crippen LogP contribution in [0.25, 0.3) is 0 Å². The molecule has 1 N–H and O–H groups in total. The van der Waals surface area contributed by atoms with Crippen LogP contribution in [0.2, 0.25) is 0 Å². The third kappa shape index (κ3) is 4.92. The standard InChI is InChI=1S/C13H24O5/c1-9(2)16-12(15)7-5-6-10-11(8-14)18-13(3,4)17-10/h9-11,14H,5-8H2,1-4H3/t10-,11+/m0/s1. The average Bonchev–Trinajstić information content (AvgIpc) is 2.52. The number of ether oxygens (including phenoxy) is 3. The molecule has 1 heterocycles. The second kappa shape index (κ2) is 6.50. The minimum Gasteiger partial charge on any atom is -0.463 e. The monoisotopic (exact) mass is 260 g/mol. The topological polar surface area (TPSA) is 65.0 Å². The van der Waals surface area contributed by atoms with Crippen LogP contribution in [-0.4, -0.2) is 41.8 Å². The minimum atomic E-state index is -0.656. The van der Waals surface area contributed by atoms with E-state index >= 15 is 0 Å². The molecule has 106 valence electrons. The highest BCUT2D eigenvalue weighted by Gasteiger charge is 2.40. The van der Waals surface area contributed by atoms with Gasteiger partial charge >= 0.3 is 5.97 Å². The maximum Gasteiger partial charge on any atom is 0.306 e. The molecule has 0 saturated carbocycles. The van der Waals surface area contributed by atoms with Crippen molar-refractivity contribution in [1.82, 2.24) is 0 Å². The van der Waals surface area contributed by atoms with Crippen LogP contribution in [0.4, 0.5) is 0 Å². The molecular formula is C13H24O5. The number of hydrogen-bond donors (Lipinski definition) is 1. The first kappa shape index (κ1) is 15.4. The predicted octanol–water partition coefficient (Wildman–Crippen LogP) is 1.62. The van der Waals surface area contributed by atoms with Gasteiger partial charge < -0.3 is 19.3 Å². The van der Waals surface area contributed by atoms with Crippen molar-refractivity contribution >= 4 is 5.97 Å². The summed E-state index contributed by atoms with van der Waals surface area (Å²) in [7, 11) is 0. The fourth-order valence-corrected chi connectivity index (χ4v) is 2.08. The number of esters is 1. The number of carbonyl (C=O) groups excluding carboxylic acids is 1. The van der Waals surface area contributed by atoms with Crippen LogP contribution < -0.4 is 0 Å². The van der Waals surface area contributed by atoms with Crippen LogP contribution in [0.5, 0.6) is 0 Å². The van der Waals surface area contributed by atoms with Crippen molar-refractivity contribution in [2.75, 3.05) is 6.61 Å². The van der Waals surface area contributed by atoms with Gasteiger partial charge in [-0.1, -0.05) is 0 Å². The summed E-state index contributed by atoms with van der Waals surface area (Å²) in [6.07, 6.45) is 1.19. The van der Waals surface area contributed by atoms with Crippen LogP contribution in [0.15, 0.2) is 0 Å². The van der Waals surface area contributed by atoms with E-state index in [-0.39, 0.29) is 30.9 Å². The molecule has 0 spiro atoms. The molecule has 2 atom stereocenters. The van der Waals surface area contributed by atoms with Gasteiger partial charge in [-0.2, -0.15) is 0 Å². The lowest BCUT2D eigenvalue weighted by atomic mass is 10.1. The summed E-state index contributed by atoms with van der Waals surface area (Å²) in [5.41, 5.74) is 0. The zero-order chi connectivity index (χ0) is 13.8. The van der Waals surface area contributed by atoms with E-state index in [2.05, 4.69) is 0 Å². The Hall–Kier alpha value is -0.650. The van der Waals surface area contributed by atoms with Gasteiger partial charge in [-0.25, -0.2) is 0 Å². The molecule has 1 rings (SSSR count). The van der Waals surface area contributed by atoms with Gasteiger partial charge in [0.05, 0.1) is 18.8 Å². The summed E-state index contributed by atoms with van der Waals surface area (Å²) in [4.78, 5) is 11.4. The number of carbonyl (C=O) groups is 1. The maximum atomic E-state index is 11.4. The zero-order valence-electron chi connectivity index (χ0n) is 11.6. The van der Waals surface area contributed by atoms with E-state index in [1.807, 2.05) is 27.7 Å². The molecule has 0 aromatic heterocycles. The Balaban J connectivity index is 2.28. The van der Waals surface area contributed by atoms with Gasteiger partial charge in [0, 0.05) is 6.42 Å². The summed E-state index contributed by atoms with van der Waals surface area (Å²) >= 11 is 0. The van der Waals surface area contributed by atoms with E-state index in [0.717, 1.165) is 0 Å². The van der Waals surface area contributed by atoms with Gasteiger partial charge in [0.2, 0.25) is 0 Å². The van der Waals surface area contributed by atoms with E-state index in [1.165, 1.54) is 0 Å². The first-order chi connectivity index (χ1) is 8.34. The molecule has 0 aromatic rings. The number of aliphatic hydroxyl groups is 1. The van der Waals surface area contributed by atoms with Gasteiger partial charge in [0.15, 0.2) is 5.79 Å². The van der Waals surface area contributed by atoms with Crippen molar-refractivity contribution in [2.45, 2.75) is 71.1 Å². The molecule has 0 radical (unpaired) electrons. The van der Waals surface area contributed by atoms with E-state index in [0.29, 0.717) is 19.3 Å². The molecule has 0 amide bonds. The average molecular weight is 260 g/mol. The fourth-order valence-electron chi connectivity index (χ4n) is 2.08. The van der Waals surface area contributed by atoms with Crippen molar-refractivity contribution in [3.63, 3.8) is 0 Å². The third-order valence-electron chi connectivity index (χ3n) is 2.70. The van der Waals surface area contributed by atoms with Crippen molar-refractivity contribution in [3.05, 3.63) is 0 Å². The Morgan fingerprint density at radius 2 is 1.94 bits per heavy atom. The van der Waals surface area contributed by atoms with Gasteiger partial charge in [-0.15, -0.1) is 0 Å². The quantitative estimate of drug-likeness (QED) is 0.735. The molecule has 18 heavy (non-hydrogen) atoms. The molecule has 0 bridgehead atoms. The largest absolute Gasteiger partial charge is 0.463 e. The second-order valence-electron chi connectivity index (χ2n) is 5.33. The highest BCUT2D eigenvalue weighted by molar-refractivity contribution is 5.69. The predicted molar refractivity (Wildman–Crippen MR) is 66.0 cm³/mol. The summed E-state index contributed by atoms with van der Waals surface area (Å²) in [6, 6.07) is 0. The molecule has 0 aliphatic carbocycles.